The molecule has 6 heteroatoms. The zero-order chi connectivity index (χ0) is 21.7. The highest BCUT2D eigenvalue weighted by Gasteiger charge is 2.36. The number of aromatic nitrogens is 1. The number of carbonyl (C=O) groups excluding carboxylic acids is 2. The van der Waals surface area contributed by atoms with Crippen LogP contribution in [0.25, 0.3) is 10.2 Å². The lowest BCUT2D eigenvalue weighted by Gasteiger charge is -2.28. The van der Waals surface area contributed by atoms with E-state index in [4.69, 9.17) is 4.98 Å². The standard InChI is InChI=1S/C25H29N3O2S/c1-25(18-9-3-2-4-10-18,17-23-28-20-13-7-8-14-21(20)31-23)24(30)26-16-15-22(29)27-19-11-5-6-12-19/h2-4,7-10,13-14,19H,5-6,11-12,15-17H2,1H3,(H,26,30)(H,27,29). The Bertz CT molecular complexity index is 1010. The quantitative estimate of drug-likeness (QED) is 0.552. The number of rotatable bonds is 8. The molecule has 1 aromatic heterocycles. The molecule has 3 aromatic rings. The van der Waals surface area contributed by atoms with E-state index in [0.29, 0.717) is 25.4 Å². The summed E-state index contributed by atoms with van der Waals surface area (Å²) in [6, 6.07) is 18.2. The van der Waals surface area contributed by atoms with Crippen molar-refractivity contribution in [3.63, 3.8) is 0 Å². The number of thiazole rings is 1. The van der Waals surface area contributed by atoms with Crippen molar-refractivity contribution in [2.75, 3.05) is 6.54 Å². The van der Waals surface area contributed by atoms with Gasteiger partial charge in [0, 0.05) is 25.4 Å². The molecule has 1 unspecified atom stereocenters. The Morgan fingerprint density at radius 1 is 1.06 bits per heavy atom. The van der Waals surface area contributed by atoms with E-state index in [9.17, 15) is 9.59 Å². The van der Waals surface area contributed by atoms with Crippen LogP contribution >= 0.6 is 11.3 Å². The van der Waals surface area contributed by atoms with Crippen LogP contribution in [0.3, 0.4) is 0 Å². The van der Waals surface area contributed by atoms with Crippen molar-refractivity contribution in [2.45, 2.75) is 56.9 Å². The van der Waals surface area contributed by atoms with Gasteiger partial charge in [-0.2, -0.15) is 0 Å². The maximum atomic E-state index is 13.3. The number of para-hydroxylation sites is 1. The lowest BCUT2D eigenvalue weighted by Crippen LogP contribution is -2.45. The lowest BCUT2D eigenvalue weighted by molar-refractivity contribution is -0.126. The summed E-state index contributed by atoms with van der Waals surface area (Å²) in [5.74, 6) is -0.0635. The molecular formula is C25H29N3O2S. The summed E-state index contributed by atoms with van der Waals surface area (Å²) in [6.45, 7) is 2.29. The first-order chi connectivity index (χ1) is 15.0. The Labute approximate surface area is 187 Å². The van der Waals surface area contributed by atoms with Gasteiger partial charge in [-0.15, -0.1) is 11.3 Å². The molecule has 1 saturated carbocycles. The molecular weight excluding hydrogens is 406 g/mol. The predicted octanol–water partition coefficient (Wildman–Crippen LogP) is 4.36. The Hall–Kier alpha value is -2.73. The van der Waals surface area contributed by atoms with Gasteiger partial charge in [-0.1, -0.05) is 55.3 Å². The number of carbonyl (C=O) groups is 2. The Morgan fingerprint density at radius 3 is 2.52 bits per heavy atom. The van der Waals surface area contributed by atoms with Crippen LogP contribution in [0.15, 0.2) is 54.6 Å². The van der Waals surface area contributed by atoms with Crippen molar-refractivity contribution >= 4 is 33.4 Å². The van der Waals surface area contributed by atoms with Gasteiger partial charge in [0.05, 0.1) is 20.6 Å². The molecule has 31 heavy (non-hydrogen) atoms. The molecule has 1 aliphatic rings. The van der Waals surface area contributed by atoms with Crippen LogP contribution in [0, 0.1) is 0 Å². The van der Waals surface area contributed by atoms with E-state index in [-0.39, 0.29) is 11.8 Å². The van der Waals surface area contributed by atoms with Gasteiger partial charge in [-0.3, -0.25) is 9.59 Å². The SMILES string of the molecule is CC(Cc1nc2ccccc2s1)(C(=O)NCCC(=O)NC1CCCC1)c1ccccc1. The minimum Gasteiger partial charge on any atom is -0.355 e. The molecule has 0 spiro atoms. The van der Waals surface area contributed by atoms with E-state index in [2.05, 4.69) is 16.7 Å². The molecule has 4 rings (SSSR count). The maximum absolute atomic E-state index is 13.3. The van der Waals surface area contributed by atoms with Gasteiger partial charge in [-0.25, -0.2) is 4.98 Å². The van der Waals surface area contributed by atoms with Gasteiger partial charge >= 0.3 is 0 Å². The highest BCUT2D eigenvalue weighted by molar-refractivity contribution is 7.18. The van der Waals surface area contributed by atoms with Crippen LogP contribution in [0.4, 0.5) is 0 Å². The van der Waals surface area contributed by atoms with Gasteiger partial charge in [0.1, 0.15) is 0 Å². The number of hydrogen-bond acceptors (Lipinski definition) is 4. The predicted molar refractivity (Wildman–Crippen MR) is 125 cm³/mol. The van der Waals surface area contributed by atoms with Crippen LogP contribution in [0.1, 0.15) is 49.6 Å². The average molecular weight is 436 g/mol. The molecule has 0 aliphatic heterocycles. The largest absolute Gasteiger partial charge is 0.355 e. The first-order valence-electron chi connectivity index (χ1n) is 11.0. The van der Waals surface area contributed by atoms with Gasteiger partial charge in [-0.05, 0) is 37.5 Å². The molecule has 2 N–H and O–H groups in total. The fourth-order valence-electron chi connectivity index (χ4n) is 4.27. The second-order valence-electron chi connectivity index (χ2n) is 8.51. The van der Waals surface area contributed by atoms with E-state index in [0.717, 1.165) is 33.6 Å². The highest BCUT2D eigenvalue weighted by Crippen LogP contribution is 2.32. The van der Waals surface area contributed by atoms with E-state index in [1.54, 1.807) is 11.3 Å². The lowest BCUT2D eigenvalue weighted by atomic mass is 9.78. The van der Waals surface area contributed by atoms with Gasteiger partial charge in [0.15, 0.2) is 0 Å². The number of nitrogens with zero attached hydrogens (tertiary/aromatic N) is 1. The Kier molecular flexibility index (Phi) is 6.66. The van der Waals surface area contributed by atoms with Crippen molar-refractivity contribution in [2.24, 2.45) is 0 Å². The first kappa shape index (κ1) is 21.5. The molecule has 5 nitrogen and oxygen atoms in total. The van der Waals surface area contributed by atoms with Crippen molar-refractivity contribution in [3.05, 3.63) is 65.2 Å². The van der Waals surface area contributed by atoms with Gasteiger partial charge in [0.2, 0.25) is 11.8 Å². The topological polar surface area (TPSA) is 71.1 Å². The zero-order valence-electron chi connectivity index (χ0n) is 17.9. The monoisotopic (exact) mass is 435 g/mol. The number of fused-ring (bicyclic) bond motifs is 1. The summed E-state index contributed by atoms with van der Waals surface area (Å²) in [7, 11) is 0. The third-order valence-corrected chi connectivity index (χ3v) is 7.15. The summed E-state index contributed by atoms with van der Waals surface area (Å²) in [5, 5.41) is 7.02. The smallest absolute Gasteiger partial charge is 0.230 e. The first-order valence-corrected chi connectivity index (χ1v) is 11.8. The summed E-state index contributed by atoms with van der Waals surface area (Å²) in [4.78, 5) is 30.3. The molecule has 1 fully saturated rings. The summed E-state index contributed by atoms with van der Waals surface area (Å²) < 4.78 is 1.12. The molecule has 162 valence electrons. The minimum atomic E-state index is -0.767. The maximum Gasteiger partial charge on any atom is 0.230 e. The molecule has 1 aliphatic carbocycles. The van der Waals surface area contributed by atoms with Crippen LogP contribution in [-0.2, 0) is 21.4 Å². The van der Waals surface area contributed by atoms with Gasteiger partial charge < -0.3 is 10.6 Å². The summed E-state index contributed by atoms with van der Waals surface area (Å²) in [6.07, 6.45) is 5.30. The Morgan fingerprint density at radius 2 is 1.77 bits per heavy atom. The van der Waals surface area contributed by atoms with Crippen LogP contribution in [0.5, 0.6) is 0 Å². The van der Waals surface area contributed by atoms with Crippen molar-refractivity contribution in [1.82, 2.24) is 15.6 Å². The van der Waals surface area contributed by atoms with Crippen molar-refractivity contribution < 1.29 is 9.59 Å². The summed E-state index contributed by atoms with van der Waals surface area (Å²) >= 11 is 1.63. The minimum absolute atomic E-state index is 0.0137. The molecule has 0 radical (unpaired) electrons. The van der Waals surface area contributed by atoms with E-state index >= 15 is 0 Å². The normalized spacial score (nSPS) is 16.2. The second-order valence-corrected chi connectivity index (χ2v) is 9.62. The fraction of sp³-hybridized carbons (Fsp3) is 0.400. The van der Waals surface area contributed by atoms with E-state index in [1.165, 1.54) is 12.8 Å². The van der Waals surface area contributed by atoms with Crippen molar-refractivity contribution in [1.29, 1.82) is 0 Å². The van der Waals surface area contributed by atoms with Crippen LogP contribution in [-0.4, -0.2) is 29.4 Å². The third-order valence-electron chi connectivity index (χ3n) is 6.11. The third kappa shape index (κ3) is 5.13. The average Bonchev–Trinajstić information content (AvgIpc) is 3.43. The molecule has 0 saturated heterocycles. The molecule has 2 amide bonds. The van der Waals surface area contributed by atoms with E-state index in [1.807, 2.05) is 55.5 Å². The number of nitrogens with one attached hydrogen (secondary N) is 2. The Balaban J connectivity index is 1.45. The fourth-order valence-corrected chi connectivity index (χ4v) is 5.40. The highest BCUT2D eigenvalue weighted by atomic mass is 32.1. The molecule has 2 aromatic carbocycles. The van der Waals surface area contributed by atoms with Crippen LogP contribution < -0.4 is 10.6 Å². The number of benzene rings is 2. The van der Waals surface area contributed by atoms with Gasteiger partial charge in [0.25, 0.3) is 0 Å². The second kappa shape index (κ2) is 9.60. The molecule has 1 atom stereocenters. The molecule has 0 bridgehead atoms. The van der Waals surface area contributed by atoms with E-state index < -0.39 is 5.41 Å². The number of hydrogen-bond donors (Lipinski definition) is 2. The number of amides is 2. The zero-order valence-corrected chi connectivity index (χ0v) is 18.7. The van der Waals surface area contributed by atoms with Crippen molar-refractivity contribution in [3.8, 4) is 0 Å². The van der Waals surface area contributed by atoms with Crippen LogP contribution in [0.2, 0.25) is 0 Å². The summed E-state index contributed by atoms with van der Waals surface area (Å²) in [5.41, 5.74) is 1.14. The molecule has 1 heterocycles.